The van der Waals surface area contributed by atoms with Gasteiger partial charge in [-0.15, -0.1) is 0 Å². The van der Waals surface area contributed by atoms with Crippen LogP contribution in [0.1, 0.15) is 30.2 Å². The molecule has 0 aliphatic carbocycles. The van der Waals surface area contributed by atoms with Gasteiger partial charge in [0.25, 0.3) is 0 Å². The molecule has 3 rings (SSSR count). The Hall–Kier alpha value is -2.46. The van der Waals surface area contributed by atoms with Gasteiger partial charge in [0.2, 0.25) is 5.43 Å². The van der Waals surface area contributed by atoms with Crippen molar-refractivity contribution in [3.63, 3.8) is 0 Å². The third-order valence-electron chi connectivity index (χ3n) is 4.58. The van der Waals surface area contributed by atoms with Crippen molar-refractivity contribution in [2.75, 3.05) is 38.1 Å². The Morgan fingerprint density at radius 1 is 1.31 bits per heavy atom. The average Bonchev–Trinajstić information content (AvgIpc) is 2.96. The Balaban J connectivity index is 2.34. The molecule has 2 aromatic rings. The Kier molecular flexibility index (Phi) is 4.72. The molecule has 0 bridgehead atoms. The summed E-state index contributed by atoms with van der Waals surface area (Å²) in [5, 5.41) is 21.5. The van der Waals surface area contributed by atoms with Crippen molar-refractivity contribution in [3.05, 3.63) is 32.1 Å². The summed E-state index contributed by atoms with van der Waals surface area (Å²) in [5.74, 6) is -1.38. The number of carboxylic acid groups (broad SMARTS) is 1. The molecule has 0 radical (unpaired) electrons. The van der Waals surface area contributed by atoms with Crippen LogP contribution in [-0.4, -0.2) is 58.7 Å². The van der Waals surface area contributed by atoms with Crippen LogP contribution < -0.4 is 10.3 Å². The summed E-state index contributed by atoms with van der Waals surface area (Å²) < 4.78 is 1.64. The first kappa shape index (κ1) is 18.3. The highest BCUT2D eigenvalue weighted by atomic mass is 32.1. The predicted molar refractivity (Wildman–Crippen MR) is 99.8 cm³/mol. The van der Waals surface area contributed by atoms with Gasteiger partial charge in [0, 0.05) is 38.4 Å². The van der Waals surface area contributed by atoms with Crippen molar-refractivity contribution in [3.8, 4) is 0 Å². The van der Waals surface area contributed by atoms with Crippen LogP contribution in [0.5, 0.6) is 0 Å². The normalized spacial score (nSPS) is 15.8. The van der Waals surface area contributed by atoms with E-state index in [1.54, 1.807) is 4.57 Å². The van der Waals surface area contributed by atoms with Gasteiger partial charge in [-0.3, -0.25) is 14.9 Å². The number of pyridine rings is 1. The molecule has 1 N–H and O–H groups in total. The first-order chi connectivity index (χ1) is 12.2. The SMILES string of the molecule is CC(C)n1cc(C(=O)O)c(=O)c2c([N+](=O)[O-])c(N3CCN(C)CC3)sc21. The van der Waals surface area contributed by atoms with Gasteiger partial charge in [-0.1, -0.05) is 11.3 Å². The molecule has 1 saturated heterocycles. The van der Waals surface area contributed by atoms with Gasteiger partial charge in [-0.2, -0.15) is 0 Å². The molecule has 9 nitrogen and oxygen atoms in total. The van der Waals surface area contributed by atoms with Gasteiger partial charge >= 0.3 is 11.7 Å². The van der Waals surface area contributed by atoms with Crippen LogP contribution in [0.15, 0.2) is 11.0 Å². The molecular weight excluding hydrogens is 360 g/mol. The molecule has 0 aromatic carbocycles. The number of fused-ring (bicyclic) bond motifs is 1. The largest absolute Gasteiger partial charge is 0.477 e. The van der Waals surface area contributed by atoms with Gasteiger partial charge < -0.3 is 19.5 Å². The molecule has 1 aliphatic rings. The van der Waals surface area contributed by atoms with Crippen LogP contribution in [-0.2, 0) is 0 Å². The minimum Gasteiger partial charge on any atom is -0.477 e. The second kappa shape index (κ2) is 6.69. The molecule has 2 aromatic heterocycles. The number of likely N-dealkylation sites (N-methyl/N-ethyl adjacent to an activating group) is 1. The van der Waals surface area contributed by atoms with E-state index in [0.717, 1.165) is 13.1 Å². The fourth-order valence-electron chi connectivity index (χ4n) is 3.11. The Bertz CT molecular complexity index is 940. The lowest BCUT2D eigenvalue weighted by Crippen LogP contribution is -2.44. The average molecular weight is 380 g/mol. The molecule has 0 spiro atoms. The van der Waals surface area contributed by atoms with E-state index in [1.165, 1.54) is 17.5 Å². The van der Waals surface area contributed by atoms with Crippen molar-refractivity contribution < 1.29 is 14.8 Å². The fraction of sp³-hybridized carbons (Fsp3) is 0.500. The van der Waals surface area contributed by atoms with Crippen LogP contribution in [0, 0.1) is 10.1 Å². The summed E-state index contributed by atoms with van der Waals surface area (Å²) in [4.78, 5) is 39.9. The van der Waals surface area contributed by atoms with E-state index in [1.807, 2.05) is 25.8 Å². The molecule has 0 saturated carbocycles. The standard InChI is InChI=1S/C16H20N4O5S/c1-9(2)19-8-10(16(22)23)13(21)11-12(20(24)25)15(26-14(11)19)18-6-4-17(3)5-7-18/h8-9H,4-7H2,1-3H3,(H,22,23). The van der Waals surface area contributed by atoms with Crippen molar-refractivity contribution in [1.29, 1.82) is 0 Å². The molecule has 10 heteroatoms. The highest BCUT2D eigenvalue weighted by Crippen LogP contribution is 2.43. The van der Waals surface area contributed by atoms with Crippen molar-refractivity contribution in [2.45, 2.75) is 19.9 Å². The number of nitrogens with zero attached hydrogens (tertiary/aromatic N) is 4. The summed E-state index contributed by atoms with van der Waals surface area (Å²) in [6.07, 6.45) is 1.28. The third-order valence-corrected chi connectivity index (χ3v) is 5.83. The van der Waals surface area contributed by atoms with E-state index in [0.29, 0.717) is 22.9 Å². The smallest absolute Gasteiger partial charge is 0.341 e. The number of rotatable bonds is 4. The number of anilines is 1. The molecule has 0 amide bonds. The molecule has 1 fully saturated rings. The lowest BCUT2D eigenvalue weighted by atomic mass is 10.2. The Labute approximate surface area is 153 Å². The molecule has 0 atom stereocenters. The number of aromatic carboxylic acids is 1. The van der Waals surface area contributed by atoms with E-state index in [-0.39, 0.29) is 17.1 Å². The zero-order valence-corrected chi connectivity index (χ0v) is 15.6. The highest BCUT2D eigenvalue weighted by molar-refractivity contribution is 7.23. The van der Waals surface area contributed by atoms with Crippen LogP contribution in [0.3, 0.4) is 0 Å². The summed E-state index contributed by atoms with van der Waals surface area (Å²) in [6.45, 7) is 6.45. The molecule has 140 valence electrons. The van der Waals surface area contributed by atoms with Crippen LogP contribution in [0.4, 0.5) is 10.7 Å². The molecule has 1 aliphatic heterocycles. The predicted octanol–water partition coefficient (Wildman–Crippen LogP) is 2.00. The molecule has 26 heavy (non-hydrogen) atoms. The molecule has 3 heterocycles. The summed E-state index contributed by atoms with van der Waals surface area (Å²) >= 11 is 1.19. The van der Waals surface area contributed by atoms with Gasteiger partial charge in [-0.25, -0.2) is 4.79 Å². The second-order valence-corrected chi connectivity index (χ2v) is 7.64. The Morgan fingerprint density at radius 3 is 2.42 bits per heavy atom. The highest BCUT2D eigenvalue weighted by Gasteiger charge is 2.33. The maximum atomic E-state index is 12.7. The monoisotopic (exact) mass is 380 g/mol. The topological polar surface area (TPSA) is 109 Å². The quantitative estimate of drug-likeness (QED) is 0.638. The summed E-state index contributed by atoms with van der Waals surface area (Å²) in [5.41, 5.74) is -1.53. The zero-order valence-electron chi connectivity index (χ0n) is 14.8. The minimum absolute atomic E-state index is 0.109. The van der Waals surface area contributed by atoms with Gasteiger partial charge in [0.05, 0.1) is 4.92 Å². The van der Waals surface area contributed by atoms with Crippen molar-refractivity contribution in [1.82, 2.24) is 9.47 Å². The summed E-state index contributed by atoms with van der Waals surface area (Å²) in [7, 11) is 1.98. The number of carboxylic acids is 1. The van der Waals surface area contributed by atoms with E-state index < -0.39 is 21.9 Å². The van der Waals surface area contributed by atoms with E-state index in [9.17, 15) is 24.8 Å². The first-order valence-electron chi connectivity index (χ1n) is 8.25. The fourth-order valence-corrected chi connectivity index (χ4v) is 4.53. The van der Waals surface area contributed by atoms with Gasteiger partial charge in [0.1, 0.15) is 15.8 Å². The van der Waals surface area contributed by atoms with Crippen LogP contribution >= 0.6 is 11.3 Å². The molecule has 0 unspecified atom stereocenters. The minimum atomic E-state index is -1.38. The van der Waals surface area contributed by atoms with E-state index >= 15 is 0 Å². The zero-order chi connectivity index (χ0) is 19.2. The lowest BCUT2D eigenvalue weighted by molar-refractivity contribution is -0.382. The Morgan fingerprint density at radius 2 is 1.92 bits per heavy atom. The van der Waals surface area contributed by atoms with Gasteiger partial charge in [-0.05, 0) is 20.9 Å². The van der Waals surface area contributed by atoms with Crippen molar-refractivity contribution in [2.24, 2.45) is 0 Å². The number of nitro groups is 1. The maximum absolute atomic E-state index is 12.7. The van der Waals surface area contributed by atoms with Crippen LogP contribution in [0.2, 0.25) is 0 Å². The number of piperazine rings is 1. The van der Waals surface area contributed by atoms with E-state index in [2.05, 4.69) is 4.90 Å². The number of hydrogen-bond acceptors (Lipinski definition) is 7. The van der Waals surface area contributed by atoms with E-state index in [4.69, 9.17) is 0 Å². The van der Waals surface area contributed by atoms with Gasteiger partial charge in [0.15, 0.2) is 5.00 Å². The lowest BCUT2D eigenvalue weighted by Gasteiger charge is -2.32. The summed E-state index contributed by atoms with van der Waals surface area (Å²) in [6, 6.07) is -0.144. The number of carbonyl (C=O) groups is 1. The van der Waals surface area contributed by atoms with Crippen LogP contribution in [0.25, 0.3) is 10.2 Å². The first-order valence-corrected chi connectivity index (χ1v) is 9.06. The second-order valence-electron chi connectivity index (χ2n) is 6.66. The van der Waals surface area contributed by atoms with Crippen molar-refractivity contribution >= 4 is 38.2 Å². The third kappa shape index (κ3) is 2.95. The maximum Gasteiger partial charge on any atom is 0.341 e. The molecular formula is C16H20N4O5S. The number of thiophene rings is 1. The number of hydrogen-bond donors (Lipinski definition) is 1. The number of aromatic nitrogens is 1.